The van der Waals surface area contributed by atoms with Crippen molar-refractivity contribution in [3.05, 3.63) is 47.0 Å². The number of methoxy groups -OCH3 is 1. The van der Waals surface area contributed by atoms with Gasteiger partial charge in [-0.2, -0.15) is 0 Å². The monoisotopic (exact) mass is 306 g/mol. The van der Waals surface area contributed by atoms with Gasteiger partial charge < -0.3 is 15.2 Å². The average molecular weight is 307 g/mol. The third kappa shape index (κ3) is 3.79. The molecule has 0 aliphatic heterocycles. The summed E-state index contributed by atoms with van der Waals surface area (Å²) in [5, 5.41) is 3.16. The molecule has 0 unspecified atom stereocenters. The van der Waals surface area contributed by atoms with E-state index in [2.05, 4.69) is 5.32 Å². The molecule has 0 radical (unpaired) electrons. The lowest BCUT2D eigenvalue weighted by Crippen LogP contribution is -2.17. The van der Waals surface area contributed by atoms with E-state index < -0.39 is 6.09 Å². The van der Waals surface area contributed by atoms with Crippen molar-refractivity contribution in [2.45, 2.75) is 6.92 Å². The molecule has 21 heavy (non-hydrogen) atoms. The van der Waals surface area contributed by atoms with E-state index in [1.54, 1.807) is 24.3 Å². The molecule has 0 heterocycles. The molecule has 0 atom stereocenters. The third-order valence-electron chi connectivity index (χ3n) is 2.85. The summed E-state index contributed by atoms with van der Waals surface area (Å²) in [4.78, 5) is 11.9. The number of hydrogen-bond donors (Lipinski definition) is 2. The Bertz CT molecular complexity index is 674. The van der Waals surface area contributed by atoms with E-state index in [0.717, 1.165) is 5.56 Å². The lowest BCUT2D eigenvalue weighted by Gasteiger charge is -2.10. The molecule has 0 aromatic heterocycles. The van der Waals surface area contributed by atoms with Gasteiger partial charge in [-0.3, -0.25) is 5.32 Å². The van der Waals surface area contributed by atoms with Gasteiger partial charge in [-0.05, 0) is 36.8 Å². The average Bonchev–Trinajstić information content (AvgIpc) is 2.43. The fraction of sp³-hybridized carbons (Fsp3) is 0.133. The number of amides is 1. The van der Waals surface area contributed by atoms with E-state index in [9.17, 15) is 4.79 Å². The van der Waals surface area contributed by atoms with Gasteiger partial charge in [0.15, 0.2) is 0 Å². The predicted octanol–water partition coefficient (Wildman–Crippen LogP) is 3.85. The summed E-state index contributed by atoms with van der Waals surface area (Å²) in [5.41, 5.74) is 7.61. The van der Waals surface area contributed by atoms with E-state index in [4.69, 9.17) is 26.8 Å². The summed E-state index contributed by atoms with van der Waals surface area (Å²) in [6.07, 6.45) is -0.620. The van der Waals surface area contributed by atoms with E-state index >= 15 is 0 Å². The van der Waals surface area contributed by atoms with Crippen LogP contribution in [0.15, 0.2) is 36.4 Å². The fourth-order valence-corrected chi connectivity index (χ4v) is 1.92. The molecule has 2 aromatic rings. The van der Waals surface area contributed by atoms with Crippen LogP contribution in [0.25, 0.3) is 0 Å². The van der Waals surface area contributed by atoms with Crippen LogP contribution in [0.2, 0.25) is 5.02 Å². The molecule has 1 amide bonds. The molecule has 0 fully saturated rings. The highest BCUT2D eigenvalue weighted by atomic mass is 35.5. The van der Waals surface area contributed by atoms with Crippen LogP contribution in [-0.4, -0.2) is 13.2 Å². The number of anilines is 2. The number of nitrogen functional groups attached to an aromatic ring is 1. The summed E-state index contributed by atoms with van der Waals surface area (Å²) >= 11 is 5.89. The maximum Gasteiger partial charge on any atom is 0.417 e. The first-order valence-electron chi connectivity index (χ1n) is 6.18. The third-order valence-corrected chi connectivity index (χ3v) is 3.08. The summed E-state index contributed by atoms with van der Waals surface area (Å²) in [5.74, 6) is 0.846. The fourth-order valence-electron chi connectivity index (χ4n) is 1.75. The van der Waals surface area contributed by atoms with Gasteiger partial charge in [-0.25, -0.2) is 4.79 Å². The smallest absolute Gasteiger partial charge is 0.417 e. The van der Waals surface area contributed by atoms with Crippen LogP contribution >= 0.6 is 11.6 Å². The molecule has 0 aliphatic rings. The van der Waals surface area contributed by atoms with Gasteiger partial charge in [0.25, 0.3) is 0 Å². The number of ether oxygens (including phenoxy) is 2. The summed E-state index contributed by atoms with van der Waals surface area (Å²) in [6.45, 7) is 1.86. The van der Waals surface area contributed by atoms with Crippen LogP contribution in [0, 0.1) is 6.92 Å². The van der Waals surface area contributed by atoms with Crippen LogP contribution in [-0.2, 0) is 0 Å². The van der Waals surface area contributed by atoms with Crippen molar-refractivity contribution in [2.75, 3.05) is 18.2 Å². The van der Waals surface area contributed by atoms with E-state index in [0.29, 0.717) is 27.9 Å². The van der Waals surface area contributed by atoms with Gasteiger partial charge >= 0.3 is 6.09 Å². The van der Waals surface area contributed by atoms with Gasteiger partial charge in [0, 0.05) is 16.8 Å². The molecule has 3 N–H and O–H groups in total. The minimum absolute atomic E-state index is 0.325. The number of rotatable bonds is 3. The van der Waals surface area contributed by atoms with Crippen LogP contribution in [0.4, 0.5) is 16.2 Å². The summed E-state index contributed by atoms with van der Waals surface area (Å²) in [6, 6.07) is 9.95. The molecule has 110 valence electrons. The van der Waals surface area contributed by atoms with Crippen molar-refractivity contribution >= 4 is 29.1 Å². The quantitative estimate of drug-likeness (QED) is 0.845. The number of hydrogen-bond acceptors (Lipinski definition) is 4. The molecule has 5 nitrogen and oxygen atoms in total. The Hall–Kier alpha value is -2.40. The molecular formula is C15H15ClN2O3. The largest absolute Gasteiger partial charge is 0.495 e. The lowest BCUT2D eigenvalue weighted by atomic mass is 10.2. The van der Waals surface area contributed by atoms with Crippen LogP contribution in [0.3, 0.4) is 0 Å². The molecule has 6 heteroatoms. The molecule has 2 rings (SSSR count). The molecule has 0 spiro atoms. The summed E-state index contributed by atoms with van der Waals surface area (Å²) < 4.78 is 10.2. The number of halogens is 1. The molecule has 0 aliphatic carbocycles. The van der Waals surface area contributed by atoms with E-state index in [1.807, 2.05) is 13.0 Å². The first-order chi connectivity index (χ1) is 9.99. The number of nitrogens with two attached hydrogens (primary N) is 1. The first kappa shape index (κ1) is 15.0. The second-order valence-electron chi connectivity index (χ2n) is 4.38. The first-order valence-corrected chi connectivity index (χ1v) is 6.56. The van der Waals surface area contributed by atoms with E-state index in [1.165, 1.54) is 13.2 Å². The number of benzene rings is 2. The molecular weight excluding hydrogens is 292 g/mol. The minimum atomic E-state index is -0.620. The normalized spacial score (nSPS) is 10.0. The summed E-state index contributed by atoms with van der Waals surface area (Å²) in [7, 11) is 1.51. The Kier molecular flexibility index (Phi) is 4.55. The Morgan fingerprint density at radius 3 is 2.67 bits per heavy atom. The van der Waals surface area contributed by atoms with Gasteiger partial charge in [0.05, 0.1) is 12.8 Å². The lowest BCUT2D eigenvalue weighted by molar-refractivity contribution is 0.215. The maximum atomic E-state index is 11.9. The second-order valence-corrected chi connectivity index (χ2v) is 4.81. The molecule has 2 aromatic carbocycles. The Labute approximate surface area is 127 Å². The van der Waals surface area contributed by atoms with Gasteiger partial charge in [-0.15, -0.1) is 0 Å². The maximum absolute atomic E-state index is 11.9. The number of carbonyl (C=O) groups is 1. The van der Waals surface area contributed by atoms with Crippen molar-refractivity contribution in [2.24, 2.45) is 0 Å². The predicted molar refractivity (Wildman–Crippen MR) is 83.2 cm³/mol. The van der Waals surface area contributed by atoms with Crippen LogP contribution < -0.4 is 20.5 Å². The molecule has 0 bridgehead atoms. The Balaban J connectivity index is 2.08. The van der Waals surface area contributed by atoms with Gasteiger partial charge in [-0.1, -0.05) is 17.7 Å². The van der Waals surface area contributed by atoms with Crippen molar-refractivity contribution in [1.82, 2.24) is 0 Å². The highest BCUT2D eigenvalue weighted by Crippen LogP contribution is 2.26. The number of aryl methyl sites for hydroxylation is 1. The van der Waals surface area contributed by atoms with Crippen molar-refractivity contribution in [1.29, 1.82) is 0 Å². The zero-order valence-corrected chi connectivity index (χ0v) is 12.4. The van der Waals surface area contributed by atoms with Crippen molar-refractivity contribution in [3.63, 3.8) is 0 Å². The van der Waals surface area contributed by atoms with Gasteiger partial charge in [0.1, 0.15) is 11.5 Å². The Morgan fingerprint density at radius 2 is 2.00 bits per heavy atom. The van der Waals surface area contributed by atoms with E-state index in [-0.39, 0.29) is 0 Å². The zero-order valence-electron chi connectivity index (χ0n) is 11.6. The highest BCUT2D eigenvalue weighted by molar-refractivity contribution is 6.31. The van der Waals surface area contributed by atoms with Crippen molar-refractivity contribution < 1.29 is 14.3 Å². The number of nitrogens with one attached hydrogen (secondary N) is 1. The van der Waals surface area contributed by atoms with Crippen molar-refractivity contribution in [3.8, 4) is 11.5 Å². The SMILES string of the molecule is COc1ccc(OC(=O)Nc2cc(Cl)ccc2C)cc1N. The minimum Gasteiger partial charge on any atom is -0.495 e. The standard InChI is InChI=1S/C15H15ClN2O3/c1-9-3-4-10(16)7-13(9)18-15(19)21-11-5-6-14(20-2)12(17)8-11/h3-8H,17H2,1-2H3,(H,18,19). The Morgan fingerprint density at radius 1 is 1.24 bits per heavy atom. The van der Waals surface area contributed by atoms with Crippen LogP contribution in [0.1, 0.15) is 5.56 Å². The van der Waals surface area contributed by atoms with Gasteiger partial charge in [0.2, 0.25) is 0 Å². The number of carbonyl (C=O) groups excluding carboxylic acids is 1. The second kappa shape index (κ2) is 6.37. The molecule has 0 saturated heterocycles. The van der Waals surface area contributed by atoms with Crippen LogP contribution in [0.5, 0.6) is 11.5 Å². The molecule has 0 saturated carbocycles. The topological polar surface area (TPSA) is 73.6 Å². The zero-order chi connectivity index (χ0) is 15.4. The highest BCUT2D eigenvalue weighted by Gasteiger charge is 2.09.